The van der Waals surface area contributed by atoms with Gasteiger partial charge in [0.15, 0.2) is 5.82 Å². The summed E-state index contributed by atoms with van der Waals surface area (Å²) in [6.45, 7) is 9.45. The monoisotopic (exact) mass is 328 g/mol. The van der Waals surface area contributed by atoms with E-state index in [0.717, 1.165) is 11.8 Å². The molecule has 0 bridgehead atoms. The van der Waals surface area contributed by atoms with Crippen molar-refractivity contribution in [3.05, 3.63) is 66.6 Å². The maximum absolute atomic E-state index is 14.1. The molecule has 1 aliphatic heterocycles. The molecule has 1 aliphatic rings. The first-order chi connectivity index (χ1) is 11.4. The van der Waals surface area contributed by atoms with Crippen LogP contribution in [0.3, 0.4) is 0 Å². The molecule has 0 saturated carbocycles. The molecule has 126 valence electrons. The SMILES string of the molecule is C=C/C=C(\C=C)[C@@H]1C=C(c2nc(C)ncc2F)CN1C(=O)N(C)C. The third-order valence-electron chi connectivity index (χ3n) is 3.72. The molecule has 1 atom stereocenters. The van der Waals surface area contributed by atoms with Crippen LogP contribution in [0, 0.1) is 12.7 Å². The number of aryl methyl sites for hydroxylation is 1. The number of hydrogen-bond donors (Lipinski definition) is 0. The van der Waals surface area contributed by atoms with Gasteiger partial charge in [0.25, 0.3) is 0 Å². The van der Waals surface area contributed by atoms with Crippen LogP contribution in [0.5, 0.6) is 0 Å². The van der Waals surface area contributed by atoms with Gasteiger partial charge >= 0.3 is 6.03 Å². The van der Waals surface area contributed by atoms with Gasteiger partial charge in [-0.15, -0.1) is 0 Å². The van der Waals surface area contributed by atoms with E-state index in [4.69, 9.17) is 0 Å². The van der Waals surface area contributed by atoms with E-state index in [0.29, 0.717) is 11.4 Å². The molecular formula is C18H21FN4O. The maximum Gasteiger partial charge on any atom is 0.320 e. The zero-order chi connectivity index (χ0) is 17.9. The quantitative estimate of drug-likeness (QED) is 0.799. The molecule has 24 heavy (non-hydrogen) atoms. The topological polar surface area (TPSA) is 49.3 Å². The molecule has 0 fully saturated rings. The second-order valence-electron chi connectivity index (χ2n) is 5.66. The Kier molecular flexibility index (Phi) is 5.28. The molecule has 1 aromatic heterocycles. The van der Waals surface area contributed by atoms with E-state index in [1.165, 1.54) is 4.90 Å². The number of hydrogen-bond acceptors (Lipinski definition) is 3. The second-order valence-corrected chi connectivity index (χ2v) is 5.66. The fourth-order valence-electron chi connectivity index (χ4n) is 2.59. The predicted molar refractivity (Wildman–Crippen MR) is 92.8 cm³/mol. The number of carbonyl (C=O) groups excluding carboxylic acids is 1. The van der Waals surface area contributed by atoms with Crippen molar-refractivity contribution in [3.8, 4) is 0 Å². The van der Waals surface area contributed by atoms with Gasteiger partial charge in [-0.05, 0) is 18.1 Å². The van der Waals surface area contributed by atoms with E-state index in [2.05, 4.69) is 23.1 Å². The van der Waals surface area contributed by atoms with Crippen molar-refractivity contribution in [1.29, 1.82) is 0 Å². The number of halogens is 1. The first-order valence-electron chi connectivity index (χ1n) is 7.52. The standard InChI is InChI=1S/C18H21FN4O/c1-6-8-13(7-2)16-9-14(11-23(16)18(24)22(4)5)17-15(19)10-20-12(3)21-17/h6-10,16H,1-2,11H2,3-5H3/b13-8+/t16-/m0/s1. The highest BCUT2D eigenvalue weighted by Crippen LogP contribution is 2.30. The van der Waals surface area contributed by atoms with Gasteiger partial charge in [-0.3, -0.25) is 0 Å². The molecule has 0 aliphatic carbocycles. The Morgan fingerprint density at radius 1 is 1.46 bits per heavy atom. The van der Waals surface area contributed by atoms with E-state index in [9.17, 15) is 9.18 Å². The van der Waals surface area contributed by atoms with Crippen molar-refractivity contribution in [2.24, 2.45) is 0 Å². The molecule has 0 unspecified atom stereocenters. The lowest BCUT2D eigenvalue weighted by Crippen LogP contribution is -2.43. The van der Waals surface area contributed by atoms with Crippen LogP contribution >= 0.6 is 0 Å². The number of amides is 2. The highest BCUT2D eigenvalue weighted by Gasteiger charge is 2.33. The van der Waals surface area contributed by atoms with Crippen LogP contribution < -0.4 is 0 Å². The summed E-state index contributed by atoms with van der Waals surface area (Å²) in [6, 6.07) is -0.519. The van der Waals surface area contributed by atoms with E-state index in [1.807, 2.05) is 6.08 Å². The van der Waals surface area contributed by atoms with Gasteiger partial charge in [0.05, 0.1) is 18.8 Å². The van der Waals surface area contributed by atoms with Gasteiger partial charge in [0.2, 0.25) is 0 Å². The lowest BCUT2D eigenvalue weighted by Gasteiger charge is -2.28. The summed E-state index contributed by atoms with van der Waals surface area (Å²) in [6.07, 6.45) is 8.08. The Morgan fingerprint density at radius 3 is 2.75 bits per heavy atom. The van der Waals surface area contributed by atoms with Crippen LogP contribution in [-0.4, -0.2) is 52.5 Å². The molecule has 0 N–H and O–H groups in total. The number of rotatable bonds is 4. The molecule has 0 saturated heterocycles. The average Bonchev–Trinajstić information content (AvgIpc) is 2.98. The minimum absolute atomic E-state index is 0.172. The van der Waals surface area contributed by atoms with Crippen LogP contribution in [0.1, 0.15) is 11.5 Å². The smallest absolute Gasteiger partial charge is 0.320 e. The predicted octanol–water partition coefficient (Wildman–Crippen LogP) is 2.97. The minimum Gasteiger partial charge on any atom is -0.331 e. The zero-order valence-corrected chi connectivity index (χ0v) is 14.2. The number of allylic oxidation sites excluding steroid dienone is 2. The van der Waals surface area contributed by atoms with Crippen molar-refractivity contribution in [2.45, 2.75) is 13.0 Å². The normalized spacial score (nSPS) is 17.5. The van der Waals surface area contributed by atoms with Gasteiger partial charge < -0.3 is 9.80 Å². The van der Waals surface area contributed by atoms with Crippen molar-refractivity contribution in [3.63, 3.8) is 0 Å². The van der Waals surface area contributed by atoms with Gasteiger partial charge in [-0.25, -0.2) is 19.2 Å². The van der Waals surface area contributed by atoms with Crippen molar-refractivity contribution >= 4 is 11.6 Å². The molecule has 0 spiro atoms. The molecule has 2 amide bonds. The molecule has 1 aromatic rings. The molecule has 2 rings (SSSR count). The molecule has 2 heterocycles. The van der Waals surface area contributed by atoms with E-state index < -0.39 is 5.82 Å². The summed E-state index contributed by atoms with van der Waals surface area (Å²) in [5.74, 6) is -0.0237. The van der Waals surface area contributed by atoms with Gasteiger partial charge in [-0.2, -0.15) is 0 Å². The number of nitrogens with zero attached hydrogens (tertiary/aromatic N) is 4. The fraction of sp³-hybridized carbons (Fsp3) is 0.278. The van der Waals surface area contributed by atoms with Crippen molar-refractivity contribution < 1.29 is 9.18 Å². The van der Waals surface area contributed by atoms with E-state index in [1.54, 1.807) is 44.1 Å². The molecule has 0 radical (unpaired) electrons. The van der Waals surface area contributed by atoms with Crippen LogP contribution in [0.25, 0.3) is 5.57 Å². The Labute approximate surface area is 141 Å². The summed E-state index contributed by atoms with van der Waals surface area (Å²) < 4.78 is 14.1. The van der Waals surface area contributed by atoms with Crippen molar-refractivity contribution in [2.75, 3.05) is 20.6 Å². The van der Waals surface area contributed by atoms with Crippen LogP contribution in [0.15, 0.2) is 49.2 Å². The largest absolute Gasteiger partial charge is 0.331 e. The molecule has 5 nitrogen and oxygen atoms in total. The second kappa shape index (κ2) is 7.21. The molecule has 0 aromatic carbocycles. The Hall–Kier alpha value is -2.76. The Morgan fingerprint density at radius 2 is 2.17 bits per heavy atom. The van der Waals surface area contributed by atoms with E-state index >= 15 is 0 Å². The third-order valence-corrected chi connectivity index (χ3v) is 3.72. The van der Waals surface area contributed by atoms with Crippen LogP contribution in [-0.2, 0) is 0 Å². The first-order valence-corrected chi connectivity index (χ1v) is 7.52. The lowest BCUT2D eigenvalue weighted by atomic mass is 10.1. The maximum atomic E-state index is 14.1. The molecule has 6 heteroatoms. The minimum atomic E-state index is -0.502. The summed E-state index contributed by atoms with van der Waals surface area (Å²) in [5, 5.41) is 0. The highest BCUT2D eigenvalue weighted by molar-refractivity contribution is 5.82. The Balaban J connectivity index is 2.50. The van der Waals surface area contributed by atoms with Crippen LogP contribution in [0.4, 0.5) is 9.18 Å². The third kappa shape index (κ3) is 3.42. The summed E-state index contributed by atoms with van der Waals surface area (Å²) >= 11 is 0. The molecular weight excluding hydrogens is 307 g/mol. The first kappa shape index (κ1) is 17.6. The number of carbonyl (C=O) groups is 1. The van der Waals surface area contributed by atoms with Gasteiger partial charge in [0.1, 0.15) is 11.5 Å². The summed E-state index contributed by atoms with van der Waals surface area (Å²) in [4.78, 5) is 23.7. The Bertz CT molecular complexity index is 737. The van der Waals surface area contributed by atoms with Gasteiger partial charge in [-0.1, -0.05) is 37.5 Å². The average molecular weight is 328 g/mol. The number of urea groups is 1. The lowest BCUT2D eigenvalue weighted by molar-refractivity contribution is 0.175. The van der Waals surface area contributed by atoms with Crippen molar-refractivity contribution in [1.82, 2.24) is 19.8 Å². The highest BCUT2D eigenvalue weighted by atomic mass is 19.1. The zero-order valence-electron chi connectivity index (χ0n) is 14.2. The summed E-state index contributed by atoms with van der Waals surface area (Å²) in [7, 11) is 3.36. The summed E-state index contributed by atoms with van der Waals surface area (Å²) in [5.41, 5.74) is 1.68. The fourth-order valence-corrected chi connectivity index (χ4v) is 2.59. The van der Waals surface area contributed by atoms with Gasteiger partial charge in [0, 0.05) is 14.1 Å². The number of aromatic nitrogens is 2. The van der Waals surface area contributed by atoms with E-state index in [-0.39, 0.29) is 24.3 Å². The van der Waals surface area contributed by atoms with Crippen LogP contribution in [0.2, 0.25) is 0 Å².